The van der Waals surface area contributed by atoms with Crippen LogP contribution in [0, 0.1) is 0 Å². The highest BCUT2D eigenvalue weighted by Gasteiger charge is 2.11. The molecule has 0 fully saturated rings. The van der Waals surface area contributed by atoms with E-state index in [9.17, 15) is 9.59 Å². The Balaban J connectivity index is 2.15. The molecule has 0 aliphatic heterocycles. The zero-order chi connectivity index (χ0) is 15.9. The molecule has 7 heteroatoms. The molecule has 22 heavy (non-hydrogen) atoms. The second-order valence-electron chi connectivity index (χ2n) is 4.46. The summed E-state index contributed by atoms with van der Waals surface area (Å²) in [6.07, 6.45) is 1.79. The lowest BCUT2D eigenvalue weighted by molar-refractivity contribution is -0.117. The standard InChI is InChI=1S/C15H17N3O4/c1-2-22-10-8-14(19)16-11-5-3-4-6-13(11)18-9-7-12(17-18)15(20)21/h3-7,9H,2,8,10H2,1H3,(H,16,19)(H,20,21). The lowest BCUT2D eigenvalue weighted by atomic mass is 10.2. The van der Waals surface area contributed by atoms with Gasteiger partial charge in [0.15, 0.2) is 5.69 Å². The van der Waals surface area contributed by atoms with E-state index in [4.69, 9.17) is 9.84 Å². The Labute approximate surface area is 127 Å². The smallest absolute Gasteiger partial charge is 0.356 e. The number of nitrogens with zero attached hydrogens (tertiary/aromatic N) is 2. The van der Waals surface area contributed by atoms with Gasteiger partial charge >= 0.3 is 5.97 Å². The minimum Gasteiger partial charge on any atom is -0.476 e. The number of para-hydroxylation sites is 2. The molecular formula is C15H17N3O4. The number of nitrogens with one attached hydrogen (secondary N) is 1. The van der Waals surface area contributed by atoms with Gasteiger partial charge in [-0.05, 0) is 25.1 Å². The van der Waals surface area contributed by atoms with Gasteiger partial charge in [0.25, 0.3) is 0 Å². The molecule has 116 valence electrons. The van der Waals surface area contributed by atoms with Crippen LogP contribution in [0.1, 0.15) is 23.8 Å². The Morgan fingerprint density at radius 1 is 1.32 bits per heavy atom. The summed E-state index contributed by atoms with van der Waals surface area (Å²) in [5.41, 5.74) is 1.10. The zero-order valence-electron chi connectivity index (χ0n) is 12.2. The first kappa shape index (κ1) is 15.7. The molecule has 0 unspecified atom stereocenters. The molecule has 0 atom stereocenters. The van der Waals surface area contributed by atoms with E-state index >= 15 is 0 Å². The van der Waals surface area contributed by atoms with Gasteiger partial charge in [-0.25, -0.2) is 9.48 Å². The van der Waals surface area contributed by atoms with Gasteiger partial charge in [-0.2, -0.15) is 5.10 Å². The molecule has 1 amide bonds. The number of hydrogen-bond donors (Lipinski definition) is 2. The average molecular weight is 303 g/mol. The van der Waals surface area contributed by atoms with Crippen molar-refractivity contribution in [2.45, 2.75) is 13.3 Å². The van der Waals surface area contributed by atoms with Crippen molar-refractivity contribution in [2.24, 2.45) is 0 Å². The van der Waals surface area contributed by atoms with Gasteiger partial charge in [-0.1, -0.05) is 12.1 Å². The summed E-state index contributed by atoms with van der Waals surface area (Å²) in [5.74, 6) is -1.27. The van der Waals surface area contributed by atoms with Crippen molar-refractivity contribution in [3.63, 3.8) is 0 Å². The molecule has 1 aromatic carbocycles. The topological polar surface area (TPSA) is 93.5 Å². The number of hydrogen-bond acceptors (Lipinski definition) is 4. The first-order valence-electron chi connectivity index (χ1n) is 6.87. The van der Waals surface area contributed by atoms with Crippen LogP contribution in [-0.2, 0) is 9.53 Å². The van der Waals surface area contributed by atoms with Crippen LogP contribution >= 0.6 is 0 Å². The fraction of sp³-hybridized carbons (Fsp3) is 0.267. The Kier molecular flexibility index (Phi) is 5.26. The van der Waals surface area contributed by atoms with E-state index in [-0.39, 0.29) is 18.0 Å². The third kappa shape index (κ3) is 3.92. The third-order valence-electron chi connectivity index (χ3n) is 2.91. The molecule has 1 heterocycles. The van der Waals surface area contributed by atoms with Crippen molar-refractivity contribution < 1.29 is 19.4 Å². The molecule has 1 aromatic heterocycles. The number of aromatic nitrogens is 2. The molecule has 0 radical (unpaired) electrons. The van der Waals surface area contributed by atoms with Gasteiger partial charge in [0.2, 0.25) is 5.91 Å². The van der Waals surface area contributed by atoms with Crippen molar-refractivity contribution in [2.75, 3.05) is 18.5 Å². The number of anilines is 1. The summed E-state index contributed by atoms with van der Waals surface area (Å²) in [4.78, 5) is 22.8. The van der Waals surface area contributed by atoms with E-state index in [1.54, 1.807) is 24.3 Å². The number of carboxylic acids is 1. The minimum atomic E-state index is -1.10. The van der Waals surface area contributed by atoms with Gasteiger partial charge in [0.1, 0.15) is 0 Å². The quantitative estimate of drug-likeness (QED) is 0.762. The largest absolute Gasteiger partial charge is 0.476 e. The molecule has 2 aromatic rings. The van der Waals surface area contributed by atoms with Crippen LogP contribution < -0.4 is 5.32 Å². The van der Waals surface area contributed by atoms with Crippen LogP contribution in [0.2, 0.25) is 0 Å². The maximum atomic E-state index is 11.9. The summed E-state index contributed by atoms with van der Waals surface area (Å²) < 4.78 is 6.56. The van der Waals surface area contributed by atoms with Crippen LogP contribution in [0.15, 0.2) is 36.5 Å². The van der Waals surface area contributed by atoms with Gasteiger partial charge in [-0.3, -0.25) is 4.79 Å². The second-order valence-corrected chi connectivity index (χ2v) is 4.46. The predicted molar refractivity (Wildman–Crippen MR) is 80.3 cm³/mol. The molecule has 0 aliphatic carbocycles. The molecule has 2 N–H and O–H groups in total. The summed E-state index contributed by atoms with van der Waals surface area (Å²) in [7, 11) is 0. The highest BCUT2D eigenvalue weighted by molar-refractivity contribution is 5.93. The zero-order valence-corrected chi connectivity index (χ0v) is 12.2. The van der Waals surface area contributed by atoms with E-state index in [0.717, 1.165) is 0 Å². The monoisotopic (exact) mass is 303 g/mol. The average Bonchev–Trinajstić information content (AvgIpc) is 2.98. The summed E-state index contributed by atoms with van der Waals surface area (Å²) >= 11 is 0. The molecule has 0 spiro atoms. The van der Waals surface area contributed by atoms with E-state index in [0.29, 0.717) is 24.6 Å². The molecule has 7 nitrogen and oxygen atoms in total. The highest BCUT2D eigenvalue weighted by Crippen LogP contribution is 2.19. The molecule has 0 saturated heterocycles. The lowest BCUT2D eigenvalue weighted by Gasteiger charge is -2.11. The number of aromatic carboxylic acids is 1. The maximum Gasteiger partial charge on any atom is 0.356 e. The molecule has 0 bridgehead atoms. The second kappa shape index (κ2) is 7.37. The Bertz CT molecular complexity index is 666. The van der Waals surface area contributed by atoms with Crippen LogP contribution in [0.4, 0.5) is 5.69 Å². The normalized spacial score (nSPS) is 10.4. The van der Waals surface area contributed by atoms with Crippen LogP contribution in [0.25, 0.3) is 5.69 Å². The third-order valence-corrected chi connectivity index (χ3v) is 2.91. The molecule has 0 aliphatic rings. The number of benzene rings is 1. The summed E-state index contributed by atoms with van der Waals surface area (Å²) in [5, 5.41) is 15.7. The van der Waals surface area contributed by atoms with E-state index in [2.05, 4.69) is 10.4 Å². The van der Waals surface area contributed by atoms with Crippen molar-refractivity contribution in [1.82, 2.24) is 9.78 Å². The lowest BCUT2D eigenvalue weighted by Crippen LogP contribution is -2.16. The minimum absolute atomic E-state index is 0.0579. The van der Waals surface area contributed by atoms with Crippen LogP contribution in [0.5, 0.6) is 0 Å². The van der Waals surface area contributed by atoms with Gasteiger partial charge < -0.3 is 15.2 Å². The number of carbonyl (C=O) groups is 2. The highest BCUT2D eigenvalue weighted by atomic mass is 16.5. The number of ether oxygens (including phenoxy) is 1. The van der Waals surface area contributed by atoms with E-state index < -0.39 is 5.97 Å². The number of amides is 1. The maximum absolute atomic E-state index is 11.9. The fourth-order valence-electron chi connectivity index (χ4n) is 1.87. The number of carbonyl (C=O) groups excluding carboxylic acids is 1. The summed E-state index contributed by atoms with van der Waals surface area (Å²) in [6.45, 7) is 2.79. The van der Waals surface area contributed by atoms with Gasteiger partial charge in [-0.15, -0.1) is 0 Å². The molecule has 0 saturated carbocycles. The Hall–Kier alpha value is -2.67. The Morgan fingerprint density at radius 2 is 2.09 bits per heavy atom. The molecule has 2 rings (SSSR count). The summed E-state index contributed by atoms with van der Waals surface area (Å²) in [6, 6.07) is 8.44. The first-order valence-corrected chi connectivity index (χ1v) is 6.87. The number of rotatable bonds is 7. The predicted octanol–water partition coefficient (Wildman–Crippen LogP) is 1.94. The van der Waals surface area contributed by atoms with Crippen molar-refractivity contribution in [3.8, 4) is 5.69 Å². The Morgan fingerprint density at radius 3 is 2.77 bits per heavy atom. The van der Waals surface area contributed by atoms with E-state index in [1.807, 2.05) is 6.92 Å². The van der Waals surface area contributed by atoms with E-state index in [1.165, 1.54) is 16.9 Å². The van der Waals surface area contributed by atoms with Crippen molar-refractivity contribution >= 4 is 17.6 Å². The van der Waals surface area contributed by atoms with Crippen molar-refractivity contribution in [3.05, 3.63) is 42.2 Å². The van der Waals surface area contributed by atoms with Crippen LogP contribution in [0.3, 0.4) is 0 Å². The fourth-order valence-corrected chi connectivity index (χ4v) is 1.87. The first-order chi connectivity index (χ1) is 10.6. The van der Waals surface area contributed by atoms with Crippen LogP contribution in [-0.4, -0.2) is 40.0 Å². The van der Waals surface area contributed by atoms with Gasteiger partial charge in [0.05, 0.1) is 24.4 Å². The van der Waals surface area contributed by atoms with Gasteiger partial charge in [0, 0.05) is 12.8 Å². The molecular weight excluding hydrogens is 286 g/mol. The van der Waals surface area contributed by atoms with Crippen molar-refractivity contribution in [1.29, 1.82) is 0 Å². The SMILES string of the molecule is CCOCCC(=O)Nc1ccccc1-n1ccc(C(=O)O)n1. The number of carboxylic acid groups (broad SMARTS) is 1.